The minimum atomic E-state index is -0.790. The molecule has 1 heterocycles. The van der Waals surface area contributed by atoms with Crippen LogP contribution in [-0.4, -0.2) is 30.1 Å². The first-order valence-electron chi connectivity index (χ1n) is 4.91. The molecule has 0 bridgehead atoms. The highest BCUT2D eigenvalue weighted by atomic mass is 19.1. The van der Waals surface area contributed by atoms with Gasteiger partial charge in [-0.2, -0.15) is 0 Å². The van der Waals surface area contributed by atoms with Gasteiger partial charge in [0.25, 0.3) is 0 Å². The molecule has 1 saturated heterocycles. The summed E-state index contributed by atoms with van der Waals surface area (Å²) in [5.74, 6) is 0.100. The Labute approximate surface area is 79.1 Å². The maximum Gasteiger partial charge on any atom is 0.228 e. The van der Waals surface area contributed by atoms with Crippen LogP contribution < -0.4 is 0 Å². The van der Waals surface area contributed by atoms with Crippen LogP contribution in [0, 0.1) is 5.41 Å². The minimum absolute atomic E-state index is 0.100. The summed E-state index contributed by atoms with van der Waals surface area (Å²) >= 11 is 0. The lowest BCUT2D eigenvalue weighted by Gasteiger charge is -2.39. The molecule has 0 aromatic carbocycles. The fourth-order valence-electron chi connectivity index (χ4n) is 1.75. The second-order valence-corrected chi connectivity index (χ2v) is 4.44. The third-order valence-corrected chi connectivity index (χ3v) is 2.58. The lowest BCUT2D eigenvalue weighted by molar-refractivity contribution is -0.148. The molecular weight excluding hydrogens is 169 g/mol. The van der Waals surface area contributed by atoms with E-state index in [0.29, 0.717) is 13.1 Å². The third kappa shape index (κ3) is 2.20. The van der Waals surface area contributed by atoms with Crippen molar-refractivity contribution in [3.63, 3.8) is 0 Å². The molecule has 0 spiro atoms. The van der Waals surface area contributed by atoms with Crippen molar-refractivity contribution in [1.29, 1.82) is 0 Å². The van der Waals surface area contributed by atoms with E-state index in [0.717, 1.165) is 12.8 Å². The van der Waals surface area contributed by atoms with Gasteiger partial charge in [0.05, 0.1) is 13.1 Å². The van der Waals surface area contributed by atoms with Crippen LogP contribution in [0.5, 0.6) is 0 Å². The van der Waals surface area contributed by atoms with Gasteiger partial charge in [-0.3, -0.25) is 4.79 Å². The van der Waals surface area contributed by atoms with E-state index in [-0.39, 0.29) is 11.3 Å². The highest BCUT2D eigenvalue weighted by molar-refractivity contribution is 5.82. The highest BCUT2D eigenvalue weighted by Gasteiger charge is 2.37. The average Bonchev–Trinajstić information content (AvgIpc) is 1.97. The number of carbonyl (C=O) groups excluding carboxylic acids is 1. The third-order valence-electron chi connectivity index (χ3n) is 2.58. The first-order valence-corrected chi connectivity index (χ1v) is 4.91. The van der Waals surface area contributed by atoms with Gasteiger partial charge < -0.3 is 4.90 Å². The molecular formula is C10H18FNO. The average molecular weight is 187 g/mol. The molecule has 0 unspecified atom stereocenters. The van der Waals surface area contributed by atoms with Crippen LogP contribution in [0.25, 0.3) is 0 Å². The molecule has 0 N–H and O–H groups in total. The normalized spacial score (nSPS) is 18.6. The standard InChI is InChI=1S/C10H18FNO/c1-4-5-10(2,3)9(13)12-6-8(11)7-12/h8H,4-7H2,1-3H3. The minimum Gasteiger partial charge on any atom is -0.336 e. The second-order valence-electron chi connectivity index (χ2n) is 4.44. The topological polar surface area (TPSA) is 20.3 Å². The van der Waals surface area contributed by atoms with E-state index < -0.39 is 6.17 Å². The number of rotatable bonds is 3. The highest BCUT2D eigenvalue weighted by Crippen LogP contribution is 2.27. The van der Waals surface area contributed by atoms with Gasteiger partial charge in [-0.1, -0.05) is 27.2 Å². The van der Waals surface area contributed by atoms with Crippen LogP contribution in [0.1, 0.15) is 33.6 Å². The molecule has 1 aliphatic heterocycles. The Morgan fingerprint density at radius 3 is 2.46 bits per heavy atom. The zero-order valence-electron chi connectivity index (χ0n) is 8.64. The first kappa shape index (κ1) is 10.5. The van der Waals surface area contributed by atoms with Gasteiger partial charge in [0, 0.05) is 5.41 Å². The molecule has 1 amide bonds. The van der Waals surface area contributed by atoms with Crippen LogP contribution >= 0.6 is 0 Å². The Morgan fingerprint density at radius 1 is 1.54 bits per heavy atom. The molecule has 2 nitrogen and oxygen atoms in total. The van der Waals surface area contributed by atoms with Crippen LogP contribution in [0.2, 0.25) is 0 Å². The molecule has 1 rings (SSSR count). The van der Waals surface area contributed by atoms with E-state index in [2.05, 4.69) is 6.92 Å². The largest absolute Gasteiger partial charge is 0.336 e. The zero-order chi connectivity index (χ0) is 10.1. The van der Waals surface area contributed by atoms with Gasteiger partial charge in [0.15, 0.2) is 0 Å². The maximum absolute atomic E-state index is 12.5. The van der Waals surface area contributed by atoms with E-state index >= 15 is 0 Å². The number of amides is 1. The Balaban J connectivity index is 2.46. The molecule has 0 aromatic heterocycles. The Kier molecular flexibility index (Phi) is 2.94. The smallest absolute Gasteiger partial charge is 0.228 e. The van der Waals surface area contributed by atoms with Crippen LogP contribution in [0.3, 0.4) is 0 Å². The number of nitrogens with zero attached hydrogens (tertiary/aromatic N) is 1. The van der Waals surface area contributed by atoms with Crippen molar-refractivity contribution in [3.05, 3.63) is 0 Å². The second kappa shape index (κ2) is 3.64. The van der Waals surface area contributed by atoms with Gasteiger partial charge in [-0.15, -0.1) is 0 Å². The Bertz CT molecular complexity index is 197. The molecule has 0 aromatic rings. The van der Waals surface area contributed by atoms with Gasteiger partial charge in [0.1, 0.15) is 6.17 Å². The van der Waals surface area contributed by atoms with Crippen molar-refractivity contribution >= 4 is 5.91 Å². The van der Waals surface area contributed by atoms with Gasteiger partial charge >= 0.3 is 0 Å². The number of carbonyl (C=O) groups is 1. The van der Waals surface area contributed by atoms with Crippen LogP contribution in [0.4, 0.5) is 4.39 Å². The number of likely N-dealkylation sites (tertiary alicyclic amines) is 1. The van der Waals surface area contributed by atoms with Gasteiger partial charge in [-0.05, 0) is 6.42 Å². The van der Waals surface area contributed by atoms with Crippen molar-refractivity contribution in [2.24, 2.45) is 5.41 Å². The number of alkyl halides is 1. The quantitative estimate of drug-likeness (QED) is 0.661. The van der Waals surface area contributed by atoms with E-state index in [9.17, 15) is 9.18 Å². The molecule has 1 fully saturated rings. The van der Waals surface area contributed by atoms with Gasteiger partial charge in [0.2, 0.25) is 5.91 Å². The predicted molar refractivity (Wildman–Crippen MR) is 50.2 cm³/mol. The van der Waals surface area contributed by atoms with E-state index in [1.807, 2.05) is 13.8 Å². The van der Waals surface area contributed by atoms with E-state index in [1.54, 1.807) is 4.90 Å². The fourth-order valence-corrected chi connectivity index (χ4v) is 1.75. The van der Waals surface area contributed by atoms with Crippen molar-refractivity contribution in [1.82, 2.24) is 4.90 Å². The molecule has 76 valence electrons. The van der Waals surface area contributed by atoms with E-state index in [4.69, 9.17) is 0 Å². The summed E-state index contributed by atoms with van der Waals surface area (Å²) in [5.41, 5.74) is -0.311. The van der Waals surface area contributed by atoms with Crippen molar-refractivity contribution in [3.8, 4) is 0 Å². The number of hydrogen-bond acceptors (Lipinski definition) is 1. The zero-order valence-corrected chi connectivity index (χ0v) is 8.64. The number of halogens is 1. The summed E-state index contributed by atoms with van der Waals surface area (Å²) < 4.78 is 12.5. The lowest BCUT2D eigenvalue weighted by Crippen LogP contribution is -2.55. The molecule has 1 aliphatic rings. The summed E-state index contributed by atoms with van der Waals surface area (Å²) in [7, 11) is 0. The molecule has 13 heavy (non-hydrogen) atoms. The summed E-state index contributed by atoms with van der Waals surface area (Å²) in [5, 5.41) is 0. The van der Waals surface area contributed by atoms with Gasteiger partial charge in [-0.25, -0.2) is 4.39 Å². The molecule has 0 saturated carbocycles. The van der Waals surface area contributed by atoms with E-state index in [1.165, 1.54) is 0 Å². The summed E-state index contributed by atoms with van der Waals surface area (Å²) in [6.07, 6.45) is 1.08. The maximum atomic E-state index is 12.5. The molecule has 3 heteroatoms. The summed E-state index contributed by atoms with van der Waals surface area (Å²) in [4.78, 5) is 13.4. The van der Waals surface area contributed by atoms with Crippen LogP contribution in [0.15, 0.2) is 0 Å². The molecule has 0 aliphatic carbocycles. The summed E-state index contributed by atoms with van der Waals surface area (Å²) in [6, 6.07) is 0. The lowest BCUT2D eigenvalue weighted by atomic mass is 9.85. The predicted octanol–water partition coefficient (Wildman–Crippen LogP) is 1.99. The Hall–Kier alpha value is -0.600. The van der Waals surface area contributed by atoms with Crippen molar-refractivity contribution in [2.75, 3.05) is 13.1 Å². The first-order chi connectivity index (χ1) is 5.97. The molecule has 0 radical (unpaired) electrons. The fraction of sp³-hybridized carbons (Fsp3) is 0.900. The monoisotopic (exact) mass is 187 g/mol. The van der Waals surface area contributed by atoms with Crippen molar-refractivity contribution < 1.29 is 9.18 Å². The van der Waals surface area contributed by atoms with Crippen molar-refractivity contribution in [2.45, 2.75) is 39.8 Å². The summed E-state index contributed by atoms with van der Waals surface area (Å²) in [6.45, 7) is 6.52. The Morgan fingerprint density at radius 2 is 2.08 bits per heavy atom. The molecule has 0 atom stereocenters. The SMILES string of the molecule is CCCC(C)(C)C(=O)N1CC(F)C1. The van der Waals surface area contributed by atoms with Crippen LogP contribution in [-0.2, 0) is 4.79 Å². The number of hydrogen-bond donors (Lipinski definition) is 0.